The van der Waals surface area contributed by atoms with Gasteiger partial charge in [0.15, 0.2) is 7.38 Å². The Bertz CT molecular complexity index is 5450. The van der Waals surface area contributed by atoms with Crippen molar-refractivity contribution in [1.82, 2.24) is 0 Å². The molecule has 9 aromatic rings. The SMILES string of the molecule is CC(CC1CC([Si](C)(C)C2CC(C)C3C4CCCCC4CCC32)C2CC3CCCC3CC12)c1ccccc1.CC1=CC([Si](C)(C)C)c2ccc3ccccc3c21.CC1=CC([Si](C)(C)C2C=C(CC(C)c3ccccc3)c3cc4c(cc32)CCC4)c2ccc3ccccc3c21.CC1=CC([Si](C)(C)Cl)c2ccc3ccccc3c21.CC1CCC2CCC3CCCCC3C12.[Li+].[Li+].[Li+]. The van der Waals surface area contributed by atoms with Crippen LogP contribution in [-0.4, -0.2) is 31.6 Å². The van der Waals surface area contributed by atoms with Gasteiger partial charge in [-0.05, 0) is 373 Å². The van der Waals surface area contributed by atoms with Crippen molar-refractivity contribution in [2.75, 3.05) is 0 Å². The average molecular weight is 1780 g/mol. The van der Waals surface area contributed by atoms with Crippen LogP contribution in [-0.2, 0) is 12.8 Å². The molecule has 23 rings (SSSR count). The second kappa shape index (κ2) is 40.4. The Labute approximate surface area is 827 Å². The van der Waals surface area contributed by atoms with Crippen LogP contribution in [0.25, 0.3) is 54.6 Å². The van der Waals surface area contributed by atoms with E-state index >= 15 is 0 Å². The largest absolute Gasteiger partial charge is 1.00 e. The molecule has 14 aliphatic carbocycles. The molecule has 0 nitrogen and oxygen atoms in total. The summed E-state index contributed by atoms with van der Waals surface area (Å²) in [6, 6.07) is 68.1. The first-order valence-electron chi connectivity index (χ1n) is 51.9. The number of halogens is 1. The molecule has 23 unspecified atom stereocenters. The molecule has 0 radical (unpaired) electrons. The summed E-state index contributed by atoms with van der Waals surface area (Å²) in [5.74, 6) is 17.7. The van der Waals surface area contributed by atoms with E-state index in [2.05, 4.69) is 314 Å². The molecule has 9 fully saturated rings. The van der Waals surface area contributed by atoms with Gasteiger partial charge in [-0.2, -0.15) is 11.1 Å². The van der Waals surface area contributed by atoms with E-state index in [1.54, 1.807) is 154 Å². The van der Waals surface area contributed by atoms with Crippen LogP contribution in [0.2, 0.25) is 70.0 Å². The molecule has 0 N–H and O–H groups in total. The maximum atomic E-state index is 6.68. The molecule has 0 amide bonds. The number of aryl methyl sites for hydroxylation is 2. The van der Waals surface area contributed by atoms with Crippen LogP contribution in [0.3, 0.4) is 0 Å². The molecule has 9 saturated carbocycles. The third-order valence-corrected chi connectivity index (χ3v) is 52.4. The maximum Gasteiger partial charge on any atom is 1.00 e. The van der Waals surface area contributed by atoms with Crippen molar-refractivity contribution in [2.45, 2.75) is 319 Å². The zero-order valence-electron chi connectivity index (χ0n) is 83.7. The minimum absolute atomic E-state index is 0. The Hall–Kier alpha value is -4.33. The third kappa shape index (κ3) is 19.2. The normalized spacial score (nSPS) is 30.9. The van der Waals surface area contributed by atoms with Gasteiger partial charge < -0.3 is 0 Å². The van der Waals surface area contributed by atoms with E-state index in [-0.39, 0.29) is 56.6 Å². The van der Waals surface area contributed by atoms with Crippen LogP contribution in [0.4, 0.5) is 0 Å². The minimum atomic E-state index is -1.83. The van der Waals surface area contributed by atoms with Crippen LogP contribution in [0, 0.1) is 88.8 Å². The smallest absolute Gasteiger partial charge is 0.167 e. The zero-order valence-corrected chi connectivity index (χ0v) is 88.4. The Balaban J connectivity index is 0.000000124. The first-order chi connectivity index (χ1) is 60.7. The Morgan fingerprint density at radius 1 is 0.349 bits per heavy atom. The van der Waals surface area contributed by atoms with E-state index in [9.17, 15) is 0 Å². The minimum Gasteiger partial charge on any atom is -0.167 e. The number of hydrogen-bond acceptors (Lipinski definition) is 0. The summed E-state index contributed by atoms with van der Waals surface area (Å²) in [5.41, 5.74) is 28.8. The van der Waals surface area contributed by atoms with Crippen molar-refractivity contribution >= 4 is 97.3 Å². The van der Waals surface area contributed by atoms with Gasteiger partial charge in [-0.1, -0.05) is 357 Å². The monoisotopic (exact) mass is 1780 g/mol. The van der Waals surface area contributed by atoms with Crippen LogP contribution >= 0.6 is 11.1 Å². The van der Waals surface area contributed by atoms with E-state index in [0.717, 1.165) is 112 Å². The molecule has 14 aliphatic rings. The van der Waals surface area contributed by atoms with E-state index in [1.807, 2.05) is 0 Å². The van der Waals surface area contributed by atoms with Gasteiger partial charge in [-0.3, -0.25) is 0 Å². The summed E-state index contributed by atoms with van der Waals surface area (Å²) in [7, 11) is -6.08. The molecule has 0 aromatic heterocycles. The van der Waals surface area contributed by atoms with Crippen molar-refractivity contribution in [3.63, 3.8) is 0 Å². The number of allylic oxidation sites excluding steroid dienone is 8. The first kappa shape index (κ1) is 97.7. The van der Waals surface area contributed by atoms with Crippen molar-refractivity contribution in [1.29, 1.82) is 0 Å². The molecule has 23 atom stereocenters. The first-order valence-corrected chi connectivity index (χ1v) is 65.9. The fraction of sp³-hybridized carbons (Fsp3) is 0.537. The molecular formula is C121H157ClLi3Si4+3. The summed E-state index contributed by atoms with van der Waals surface area (Å²) in [6.07, 6.45) is 49.7. The summed E-state index contributed by atoms with van der Waals surface area (Å²) in [4.78, 5) is 0. The van der Waals surface area contributed by atoms with Crippen molar-refractivity contribution in [3.05, 3.63) is 273 Å². The molecule has 664 valence electrons. The molecule has 129 heavy (non-hydrogen) atoms. The molecule has 8 heteroatoms. The van der Waals surface area contributed by atoms with Gasteiger partial charge in [0.25, 0.3) is 0 Å². The molecule has 0 spiro atoms. The number of benzene rings is 9. The Kier molecular flexibility index (Phi) is 30.6. The van der Waals surface area contributed by atoms with Gasteiger partial charge in [-0.15, -0.1) is 0 Å². The standard InChI is InChI=1S/C37H58Si.C37H38Si.C17H20Si.C16H17ClSi.C14H24.3Li/c2*1-24(26-11-6-5-7-12-26)19-30-23-36(34-22-29-15-10-14-28(29)21-33(30)34)38(3,4)35-20-25(2)37-31-16-9-8-13-27(31)17-18-32(35)37;1-12-11-16(18(2,3)4)15-10-9-13-7-5-6-8-14(13)17(12)15;1-11-10-15(18(2,3)17)14-9-8-12-6-4-5-7-13(12)16(11)14;1-10-6-7-12-9-8-11-4-2-3-5-13(11)14(10)12;;;/h5-7,11-12,24-25,27-37H,8-10,13-23H2,1-4H3;5-9,11-13,16-18,20-24,35-36H,10,14-15,19H2,1-4H3;5-11,16H,1-4H3;4-10,15H,1-3H3;10-14H,2-9H2,1H3;;;/q;;;;;3*+1. The average Bonchev–Trinajstić information content (AvgIpc) is 1.55. The van der Waals surface area contributed by atoms with E-state index in [0.29, 0.717) is 28.1 Å². The summed E-state index contributed by atoms with van der Waals surface area (Å²) in [6.45, 7) is 40.1. The summed E-state index contributed by atoms with van der Waals surface area (Å²) in [5, 5.41) is 8.24. The molecule has 0 bridgehead atoms. The van der Waals surface area contributed by atoms with Crippen LogP contribution < -0.4 is 56.6 Å². The Morgan fingerprint density at radius 3 is 1.35 bits per heavy atom. The fourth-order valence-corrected chi connectivity index (χ4v) is 45.3. The van der Waals surface area contributed by atoms with Crippen molar-refractivity contribution in [2.24, 2.45) is 88.8 Å². The number of fused-ring (bicyclic) bond motifs is 19. The number of hydrogen-bond donors (Lipinski definition) is 0. The van der Waals surface area contributed by atoms with Gasteiger partial charge in [-0.25, -0.2) is 0 Å². The summed E-state index contributed by atoms with van der Waals surface area (Å²) < 4.78 is 0. The summed E-state index contributed by atoms with van der Waals surface area (Å²) >= 11 is 6.68. The predicted molar refractivity (Wildman–Crippen MR) is 559 cm³/mol. The van der Waals surface area contributed by atoms with Gasteiger partial charge >= 0.3 is 56.6 Å². The van der Waals surface area contributed by atoms with Crippen molar-refractivity contribution in [3.8, 4) is 0 Å². The van der Waals surface area contributed by atoms with E-state index < -0.39 is 31.6 Å². The van der Waals surface area contributed by atoms with E-state index in [4.69, 9.17) is 11.1 Å². The second-order valence-electron chi connectivity index (χ2n) is 47.5. The van der Waals surface area contributed by atoms with Gasteiger partial charge in [0.1, 0.15) is 0 Å². The molecule has 9 aromatic carbocycles. The zero-order chi connectivity index (χ0) is 87.4. The van der Waals surface area contributed by atoms with Gasteiger partial charge in [0.05, 0.1) is 24.2 Å². The molecular weight excluding hydrogens is 1620 g/mol. The quantitative estimate of drug-likeness (QED) is 0.0845. The Morgan fingerprint density at radius 2 is 0.791 bits per heavy atom. The third-order valence-electron chi connectivity index (χ3n) is 38.1. The second-order valence-corrected chi connectivity index (χ2v) is 69.5. The molecule has 0 aliphatic heterocycles. The van der Waals surface area contributed by atoms with Crippen LogP contribution in [0.1, 0.15) is 303 Å². The topological polar surface area (TPSA) is 0 Å². The number of rotatable bonds is 12. The fourth-order valence-electron chi connectivity index (χ4n) is 32.0. The molecule has 0 heterocycles. The predicted octanol–water partition coefficient (Wildman–Crippen LogP) is 26.8. The van der Waals surface area contributed by atoms with Gasteiger partial charge in [0.2, 0.25) is 0 Å². The van der Waals surface area contributed by atoms with Crippen molar-refractivity contribution < 1.29 is 56.6 Å². The van der Waals surface area contributed by atoms with Gasteiger partial charge in [0, 0.05) is 5.54 Å². The van der Waals surface area contributed by atoms with Crippen LogP contribution in [0.5, 0.6) is 0 Å². The maximum absolute atomic E-state index is 6.68. The van der Waals surface area contributed by atoms with E-state index in [1.165, 1.54) is 128 Å². The van der Waals surface area contributed by atoms with Crippen LogP contribution in [0.15, 0.2) is 206 Å². The molecule has 0 saturated heterocycles.